The van der Waals surface area contributed by atoms with Gasteiger partial charge in [-0.1, -0.05) is 13.8 Å². The average Bonchev–Trinajstić information content (AvgIpc) is 1.84. The second-order valence-electron chi connectivity index (χ2n) is 4.28. The minimum Gasteiger partial charge on any atom is -0.389 e. The summed E-state index contributed by atoms with van der Waals surface area (Å²) in [4.78, 5) is 0. The Morgan fingerprint density at radius 3 is 2.08 bits per heavy atom. The summed E-state index contributed by atoms with van der Waals surface area (Å²) in [6.45, 7) is 4.80. The highest BCUT2D eigenvalue weighted by molar-refractivity contribution is 5.85. The van der Waals surface area contributed by atoms with Gasteiger partial charge in [0.1, 0.15) is 0 Å². The van der Waals surface area contributed by atoms with Crippen LogP contribution in [-0.4, -0.2) is 17.3 Å². The van der Waals surface area contributed by atoms with E-state index in [2.05, 4.69) is 13.8 Å². The lowest BCUT2D eigenvalue weighted by Gasteiger charge is -2.38. The summed E-state index contributed by atoms with van der Waals surface area (Å²) < 4.78 is 0. The standard InChI is InChI=1S/C9H19NO.ClH/c1-7-3-8(2)5-9(11,4-7)6-10;/h7-8,11H,3-6,10H2,1-2H3;1H. The Bertz CT molecular complexity index is 130. The van der Waals surface area contributed by atoms with Crippen LogP contribution in [0.2, 0.25) is 0 Å². The molecule has 1 fully saturated rings. The Morgan fingerprint density at radius 2 is 1.75 bits per heavy atom. The van der Waals surface area contributed by atoms with Crippen LogP contribution < -0.4 is 5.73 Å². The predicted molar refractivity (Wildman–Crippen MR) is 53.4 cm³/mol. The smallest absolute Gasteiger partial charge is 0.0774 e. The SMILES string of the molecule is CC1CC(C)CC(O)(CN)C1.Cl. The quantitative estimate of drug-likeness (QED) is 0.664. The van der Waals surface area contributed by atoms with Gasteiger partial charge in [0.05, 0.1) is 5.60 Å². The molecule has 0 bridgehead atoms. The summed E-state index contributed by atoms with van der Waals surface area (Å²) >= 11 is 0. The molecular weight excluding hydrogens is 174 g/mol. The van der Waals surface area contributed by atoms with E-state index in [1.807, 2.05) is 0 Å². The Morgan fingerprint density at radius 1 is 1.33 bits per heavy atom. The van der Waals surface area contributed by atoms with Gasteiger partial charge in [-0.15, -0.1) is 12.4 Å². The van der Waals surface area contributed by atoms with E-state index in [4.69, 9.17) is 5.73 Å². The van der Waals surface area contributed by atoms with Crippen molar-refractivity contribution in [2.45, 2.75) is 38.7 Å². The fourth-order valence-electron chi connectivity index (χ4n) is 2.40. The molecule has 74 valence electrons. The molecule has 1 rings (SSSR count). The van der Waals surface area contributed by atoms with Gasteiger partial charge in [0, 0.05) is 6.54 Å². The van der Waals surface area contributed by atoms with Crippen molar-refractivity contribution in [1.29, 1.82) is 0 Å². The molecule has 0 aromatic carbocycles. The monoisotopic (exact) mass is 193 g/mol. The van der Waals surface area contributed by atoms with Crippen molar-refractivity contribution in [3.8, 4) is 0 Å². The van der Waals surface area contributed by atoms with Crippen molar-refractivity contribution in [3.05, 3.63) is 0 Å². The minimum absolute atomic E-state index is 0. The van der Waals surface area contributed by atoms with Gasteiger partial charge in [0.2, 0.25) is 0 Å². The largest absolute Gasteiger partial charge is 0.389 e. The molecule has 0 spiro atoms. The van der Waals surface area contributed by atoms with E-state index in [0.717, 1.165) is 12.8 Å². The van der Waals surface area contributed by atoms with Crippen molar-refractivity contribution in [1.82, 2.24) is 0 Å². The molecule has 2 unspecified atom stereocenters. The molecule has 0 heterocycles. The maximum Gasteiger partial charge on any atom is 0.0774 e. The zero-order valence-corrected chi connectivity index (χ0v) is 8.73. The van der Waals surface area contributed by atoms with Gasteiger partial charge in [-0.3, -0.25) is 0 Å². The highest BCUT2D eigenvalue weighted by atomic mass is 35.5. The summed E-state index contributed by atoms with van der Waals surface area (Å²) in [5, 5.41) is 9.90. The highest BCUT2D eigenvalue weighted by Crippen LogP contribution is 2.34. The molecule has 3 N–H and O–H groups in total. The van der Waals surface area contributed by atoms with Gasteiger partial charge < -0.3 is 10.8 Å². The number of halogens is 1. The van der Waals surface area contributed by atoms with E-state index in [0.29, 0.717) is 18.4 Å². The van der Waals surface area contributed by atoms with Gasteiger partial charge in [-0.05, 0) is 31.1 Å². The highest BCUT2D eigenvalue weighted by Gasteiger charge is 2.34. The van der Waals surface area contributed by atoms with E-state index in [9.17, 15) is 5.11 Å². The van der Waals surface area contributed by atoms with E-state index < -0.39 is 5.60 Å². The zero-order chi connectivity index (χ0) is 8.48. The molecule has 2 nitrogen and oxygen atoms in total. The summed E-state index contributed by atoms with van der Waals surface area (Å²) in [5.41, 5.74) is 4.95. The number of rotatable bonds is 1. The molecule has 0 aromatic heterocycles. The zero-order valence-electron chi connectivity index (χ0n) is 7.92. The molecule has 1 aliphatic carbocycles. The van der Waals surface area contributed by atoms with Crippen LogP contribution in [0.3, 0.4) is 0 Å². The van der Waals surface area contributed by atoms with Crippen LogP contribution in [0, 0.1) is 11.8 Å². The summed E-state index contributed by atoms with van der Waals surface area (Å²) in [6.07, 6.45) is 3.00. The summed E-state index contributed by atoms with van der Waals surface area (Å²) in [6, 6.07) is 0. The summed E-state index contributed by atoms with van der Waals surface area (Å²) in [5.74, 6) is 1.26. The fraction of sp³-hybridized carbons (Fsp3) is 1.00. The first-order valence-electron chi connectivity index (χ1n) is 4.48. The Labute approximate surface area is 80.9 Å². The van der Waals surface area contributed by atoms with Gasteiger partial charge >= 0.3 is 0 Å². The molecular formula is C9H20ClNO. The molecule has 3 heteroatoms. The Kier molecular flexibility index (Phi) is 4.53. The Hall–Kier alpha value is 0.210. The summed E-state index contributed by atoms with van der Waals surface area (Å²) in [7, 11) is 0. The van der Waals surface area contributed by atoms with Crippen LogP contribution in [0.4, 0.5) is 0 Å². The van der Waals surface area contributed by atoms with Crippen LogP contribution in [-0.2, 0) is 0 Å². The van der Waals surface area contributed by atoms with Crippen LogP contribution in [0.1, 0.15) is 33.1 Å². The van der Waals surface area contributed by atoms with Crippen LogP contribution >= 0.6 is 12.4 Å². The van der Waals surface area contributed by atoms with Gasteiger partial charge in [-0.25, -0.2) is 0 Å². The van der Waals surface area contributed by atoms with E-state index >= 15 is 0 Å². The first kappa shape index (κ1) is 12.2. The van der Waals surface area contributed by atoms with Crippen molar-refractivity contribution in [2.24, 2.45) is 17.6 Å². The molecule has 1 aliphatic rings. The third kappa shape index (κ3) is 2.92. The minimum atomic E-state index is -0.558. The van der Waals surface area contributed by atoms with Crippen molar-refractivity contribution >= 4 is 12.4 Å². The van der Waals surface area contributed by atoms with E-state index in [1.165, 1.54) is 6.42 Å². The lowest BCUT2D eigenvalue weighted by atomic mass is 9.74. The second-order valence-corrected chi connectivity index (χ2v) is 4.28. The predicted octanol–water partition coefficient (Wildman–Crippen LogP) is 1.55. The lowest BCUT2D eigenvalue weighted by molar-refractivity contribution is -0.0230. The third-order valence-electron chi connectivity index (χ3n) is 2.64. The molecule has 12 heavy (non-hydrogen) atoms. The van der Waals surface area contributed by atoms with Crippen LogP contribution in [0.15, 0.2) is 0 Å². The van der Waals surface area contributed by atoms with Crippen molar-refractivity contribution in [3.63, 3.8) is 0 Å². The van der Waals surface area contributed by atoms with Gasteiger partial charge in [-0.2, -0.15) is 0 Å². The molecule has 0 aliphatic heterocycles. The number of hydrogen-bond donors (Lipinski definition) is 2. The molecule has 1 saturated carbocycles. The topological polar surface area (TPSA) is 46.2 Å². The van der Waals surface area contributed by atoms with Crippen molar-refractivity contribution < 1.29 is 5.11 Å². The molecule has 0 saturated heterocycles. The third-order valence-corrected chi connectivity index (χ3v) is 2.64. The second kappa shape index (κ2) is 4.45. The Balaban J connectivity index is 0.00000121. The number of hydrogen-bond acceptors (Lipinski definition) is 2. The van der Waals surface area contributed by atoms with Gasteiger partial charge in [0.15, 0.2) is 0 Å². The van der Waals surface area contributed by atoms with Crippen molar-refractivity contribution in [2.75, 3.05) is 6.54 Å². The first-order valence-corrected chi connectivity index (χ1v) is 4.48. The van der Waals surface area contributed by atoms with E-state index in [1.54, 1.807) is 0 Å². The van der Waals surface area contributed by atoms with E-state index in [-0.39, 0.29) is 12.4 Å². The van der Waals surface area contributed by atoms with Gasteiger partial charge in [0.25, 0.3) is 0 Å². The van der Waals surface area contributed by atoms with Crippen LogP contribution in [0.5, 0.6) is 0 Å². The number of aliphatic hydroxyl groups is 1. The van der Waals surface area contributed by atoms with Crippen LogP contribution in [0.25, 0.3) is 0 Å². The normalized spacial score (nSPS) is 42.0. The maximum atomic E-state index is 9.90. The molecule has 0 amide bonds. The molecule has 0 aromatic rings. The first-order chi connectivity index (χ1) is 5.06. The molecule has 0 radical (unpaired) electrons. The number of nitrogens with two attached hydrogens (primary N) is 1. The lowest BCUT2D eigenvalue weighted by Crippen LogP contribution is -2.44. The maximum absolute atomic E-state index is 9.90. The molecule has 2 atom stereocenters. The fourth-order valence-corrected chi connectivity index (χ4v) is 2.40. The average molecular weight is 194 g/mol.